The number of imidazole rings is 1. The maximum Gasteiger partial charge on any atom is 0.487 e. The Labute approximate surface area is 96.2 Å². The Morgan fingerprint density at radius 3 is 2.38 bits per heavy atom. The molecule has 0 aromatic carbocycles. The van der Waals surface area contributed by atoms with E-state index in [4.69, 9.17) is 9.31 Å². The SMILES string of the molecule is CC1(C)OB(/C=C/c2ncc[nH]2)OC1(C)C. The lowest BCUT2D eigenvalue weighted by molar-refractivity contribution is 0.00578. The summed E-state index contributed by atoms with van der Waals surface area (Å²) in [6.07, 6.45) is 5.36. The Balaban J connectivity index is 2.05. The van der Waals surface area contributed by atoms with Gasteiger partial charge >= 0.3 is 7.12 Å². The highest BCUT2D eigenvalue weighted by Gasteiger charge is 2.49. The molecule has 1 aliphatic rings. The van der Waals surface area contributed by atoms with Crippen molar-refractivity contribution in [2.75, 3.05) is 0 Å². The van der Waals surface area contributed by atoms with Gasteiger partial charge in [-0.1, -0.05) is 5.98 Å². The van der Waals surface area contributed by atoms with Crippen molar-refractivity contribution in [3.05, 3.63) is 24.2 Å². The van der Waals surface area contributed by atoms with Crippen LogP contribution in [0.3, 0.4) is 0 Å². The zero-order valence-corrected chi connectivity index (χ0v) is 10.2. The van der Waals surface area contributed by atoms with Crippen LogP contribution in [0.1, 0.15) is 33.5 Å². The molecular formula is C11H17BN2O2. The Hall–Kier alpha value is -1.07. The van der Waals surface area contributed by atoms with Crippen LogP contribution >= 0.6 is 0 Å². The van der Waals surface area contributed by atoms with Gasteiger partial charge in [-0.3, -0.25) is 0 Å². The molecule has 1 aromatic rings. The molecule has 2 heterocycles. The molecule has 0 radical (unpaired) electrons. The van der Waals surface area contributed by atoms with Gasteiger partial charge in [-0.25, -0.2) is 4.98 Å². The van der Waals surface area contributed by atoms with Gasteiger partial charge in [0.15, 0.2) is 0 Å². The van der Waals surface area contributed by atoms with Crippen LogP contribution in [-0.4, -0.2) is 28.3 Å². The molecule has 0 atom stereocenters. The molecule has 86 valence electrons. The quantitative estimate of drug-likeness (QED) is 0.776. The van der Waals surface area contributed by atoms with Gasteiger partial charge in [-0.2, -0.15) is 0 Å². The summed E-state index contributed by atoms with van der Waals surface area (Å²) in [4.78, 5) is 7.09. The summed E-state index contributed by atoms with van der Waals surface area (Å²) < 4.78 is 11.6. The minimum Gasteiger partial charge on any atom is -0.400 e. The van der Waals surface area contributed by atoms with Gasteiger partial charge in [0, 0.05) is 12.4 Å². The van der Waals surface area contributed by atoms with Gasteiger partial charge in [-0.15, -0.1) is 0 Å². The van der Waals surface area contributed by atoms with Crippen LogP contribution < -0.4 is 0 Å². The Kier molecular flexibility index (Phi) is 2.68. The molecule has 16 heavy (non-hydrogen) atoms. The molecule has 4 nitrogen and oxygen atoms in total. The molecule has 1 aromatic heterocycles. The van der Waals surface area contributed by atoms with Crippen molar-refractivity contribution in [1.82, 2.24) is 9.97 Å². The van der Waals surface area contributed by atoms with Crippen LogP contribution in [0.25, 0.3) is 6.08 Å². The van der Waals surface area contributed by atoms with Crippen LogP contribution in [0, 0.1) is 0 Å². The summed E-state index contributed by atoms with van der Waals surface area (Å²) in [5.74, 6) is 2.67. The fraction of sp³-hybridized carbons (Fsp3) is 0.545. The predicted molar refractivity (Wildman–Crippen MR) is 63.7 cm³/mol. The molecule has 1 fully saturated rings. The molecule has 0 aliphatic carbocycles. The fourth-order valence-electron chi connectivity index (χ4n) is 1.51. The normalized spacial score (nSPS) is 23.1. The average Bonchev–Trinajstić information content (AvgIpc) is 2.70. The second-order valence-corrected chi connectivity index (χ2v) is 4.96. The number of aromatic amines is 1. The summed E-state index contributed by atoms with van der Waals surface area (Å²) in [5.41, 5.74) is -0.573. The van der Waals surface area contributed by atoms with E-state index in [0.29, 0.717) is 0 Å². The van der Waals surface area contributed by atoms with Crippen molar-refractivity contribution in [1.29, 1.82) is 0 Å². The summed E-state index contributed by atoms with van der Waals surface area (Å²) >= 11 is 0. The molecule has 2 rings (SSSR count). The number of rotatable bonds is 2. The molecule has 1 aliphatic heterocycles. The third kappa shape index (κ3) is 2.06. The van der Waals surface area contributed by atoms with Crippen molar-refractivity contribution in [2.45, 2.75) is 38.9 Å². The molecule has 0 unspecified atom stereocenters. The maximum atomic E-state index is 5.81. The van der Waals surface area contributed by atoms with Crippen molar-refractivity contribution >= 4 is 13.2 Å². The van der Waals surface area contributed by atoms with E-state index in [-0.39, 0.29) is 18.3 Å². The number of hydrogen-bond acceptors (Lipinski definition) is 3. The molecule has 0 spiro atoms. The van der Waals surface area contributed by atoms with E-state index < -0.39 is 0 Å². The Morgan fingerprint density at radius 2 is 1.88 bits per heavy atom. The second-order valence-electron chi connectivity index (χ2n) is 4.96. The number of aromatic nitrogens is 2. The molecule has 0 saturated carbocycles. The highest BCUT2D eigenvalue weighted by Crippen LogP contribution is 2.36. The van der Waals surface area contributed by atoms with Crippen LogP contribution in [0.2, 0.25) is 0 Å². The van der Waals surface area contributed by atoms with Gasteiger partial charge in [0.2, 0.25) is 0 Å². The minimum absolute atomic E-state index is 0.287. The largest absolute Gasteiger partial charge is 0.487 e. The van der Waals surface area contributed by atoms with Crippen LogP contribution in [0.15, 0.2) is 18.4 Å². The van der Waals surface area contributed by atoms with Crippen molar-refractivity contribution in [3.8, 4) is 0 Å². The molecule has 5 heteroatoms. The highest BCUT2D eigenvalue weighted by atomic mass is 16.7. The Morgan fingerprint density at radius 1 is 1.25 bits per heavy atom. The topological polar surface area (TPSA) is 47.1 Å². The van der Waals surface area contributed by atoms with Gasteiger partial charge in [0.1, 0.15) is 5.82 Å². The highest BCUT2D eigenvalue weighted by molar-refractivity contribution is 6.52. The standard InChI is InChI=1S/C11H17BN2O2/c1-10(2)11(3,4)16-12(15-10)6-5-9-13-7-8-14-9/h5-8H,1-4H3,(H,13,14)/b6-5+. The second kappa shape index (κ2) is 3.75. The first kappa shape index (κ1) is 11.4. The van der Waals surface area contributed by atoms with E-state index in [1.54, 1.807) is 12.4 Å². The van der Waals surface area contributed by atoms with E-state index in [1.165, 1.54) is 0 Å². The number of nitrogens with one attached hydrogen (secondary N) is 1. The first-order chi connectivity index (χ1) is 7.41. The van der Waals surface area contributed by atoms with Gasteiger partial charge in [0.05, 0.1) is 11.2 Å². The Bertz CT molecular complexity index is 369. The van der Waals surface area contributed by atoms with E-state index in [1.807, 2.05) is 39.7 Å². The van der Waals surface area contributed by atoms with Gasteiger partial charge in [0.25, 0.3) is 0 Å². The van der Waals surface area contributed by atoms with Crippen molar-refractivity contribution in [3.63, 3.8) is 0 Å². The van der Waals surface area contributed by atoms with Crippen LogP contribution in [0.5, 0.6) is 0 Å². The predicted octanol–water partition coefficient (Wildman–Crippen LogP) is 2.05. The number of H-pyrrole nitrogens is 1. The zero-order valence-electron chi connectivity index (χ0n) is 10.2. The summed E-state index contributed by atoms with van der Waals surface area (Å²) in [7, 11) is -0.310. The van der Waals surface area contributed by atoms with Crippen LogP contribution in [-0.2, 0) is 9.31 Å². The maximum absolute atomic E-state index is 5.81. The first-order valence-electron chi connectivity index (χ1n) is 5.44. The zero-order chi connectivity index (χ0) is 11.8. The van der Waals surface area contributed by atoms with Gasteiger partial charge < -0.3 is 14.3 Å². The summed E-state index contributed by atoms with van der Waals surface area (Å²) in [6, 6.07) is 0. The van der Waals surface area contributed by atoms with E-state index in [9.17, 15) is 0 Å². The molecule has 1 N–H and O–H groups in total. The van der Waals surface area contributed by atoms with Gasteiger partial charge in [-0.05, 0) is 33.8 Å². The lowest BCUT2D eigenvalue weighted by atomic mass is 9.90. The lowest BCUT2D eigenvalue weighted by Gasteiger charge is -2.32. The smallest absolute Gasteiger partial charge is 0.400 e. The minimum atomic E-state index is -0.310. The third-order valence-electron chi connectivity index (χ3n) is 3.20. The molecular weight excluding hydrogens is 203 g/mol. The van der Waals surface area contributed by atoms with Crippen LogP contribution in [0.4, 0.5) is 0 Å². The molecule has 0 amide bonds. The van der Waals surface area contributed by atoms with E-state index >= 15 is 0 Å². The summed E-state index contributed by atoms with van der Waals surface area (Å²) in [6.45, 7) is 8.14. The van der Waals surface area contributed by atoms with E-state index in [0.717, 1.165) is 5.82 Å². The monoisotopic (exact) mass is 220 g/mol. The fourth-order valence-corrected chi connectivity index (χ4v) is 1.51. The van der Waals surface area contributed by atoms with Crippen molar-refractivity contribution in [2.24, 2.45) is 0 Å². The molecule has 0 bridgehead atoms. The first-order valence-corrected chi connectivity index (χ1v) is 5.44. The summed E-state index contributed by atoms with van der Waals surface area (Å²) in [5, 5.41) is 0. The van der Waals surface area contributed by atoms with Crippen molar-refractivity contribution < 1.29 is 9.31 Å². The lowest BCUT2D eigenvalue weighted by Crippen LogP contribution is -2.41. The number of hydrogen-bond donors (Lipinski definition) is 1. The number of nitrogens with zero attached hydrogens (tertiary/aromatic N) is 1. The average molecular weight is 220 g/mol. The van der Waals surface area contributed by atoms with E-state index in [2.05, 4.69) is 9.97 Å². The molecule has 1 saturated heterocycles. The third-order valence-corrected chi connectivity index (χ3v) is 3.20.